The molecule has 1 aliphatic rings. The van der Waals surface area contributed by atoms with Gasteiger partial charge in [0.1, 0.15) is 11.5 Å². The van der Waals surface area contributed by atoms with E-state index in [1.807, 2.05) is 39.1 Å². The van der Waals surface area contributed by atoms with Crippen LogP contribution in [0.5, 0.6) is 0 Å². The van der Waals surface area contributed by atoms with Crippen LogP contribution in [0, 0.1) is 5.82 Å². The third-order valence-electron chi connectivity index (χ3n) is 5.59. The van der Waals surface area contributed by atoms with E-state index in [-0.39, 0.29) is 17.6 Å². The molecule has 162 valence electrons. The van der Waals surface area contributed by atoms with E-state index in [4.69, 9.17) is 0 Å². The first-order valence-electron chi connectivity index (χ1n) is 10.5. The van der Waals surface area contributed by atoms with E-state index in [0.29, 0.717) is 16.9 Å². The summed E-state index contributed by atoms with van der Waals surface area (Å²) in [7, 11) is 0. The van der Waals surface area contributed by atoms with Crippen molar-refractivity contribution in [3.05, 3.63) is 77.2 Å². The summed E-state index contributed by atoms with van der Waals surface area (Å²) in [6, 6.07) is 12.8. The van der Waals surface area contributed by atoms with E-state index in [0.717, 1.165) is 42.1 Å². The van der Waals surface area contributed by atoms with Gasteiger partial charge in [-0.25, -0.2) is 9.37 Å². The molecule has 0 radical (unpaired) electrons. The topological polar surface area (TPSA) is 66.7 Å². The molecule has 8 heteroatoms. The molecule has 3 heterocycles. The second-order valence-corrected chi connectivity index (χ2v) is 8.63. The van der Waals surface area contributed by atoms with Crippen molar-refractivity contribution in [2.24, 2.45) is 0 Å². The predicted octanol–water partition coefficient (Wildman–Crippen LogP) is 5.08. The molecule has 4 aromatic rings. The monoisotopic (exact) mass is 448 g/mol. The zero-order valence-corrected chi connectivity index (χ0v) is 18.1. The number of carbonyl (C=O) groups excluding carboxylic acids is 2. The van der Waals surface area contributed by atoms with Crippen molar-refractivity contribution in [2.45, 2.75) is 19.3 Å². The molecule has 0 atom stereocenters. The number of carbonyl (C=O) groups is 2. The Morgan fingerprint density at radius 3 is 2.59 bits per heavy atom. The van der Waals surface area contributed by atoms with Gasteiger partial charge < -0.3 is 10.2 Å². The van der Waals surface area contributed by atoms with Crippen molar-refractivity contribution in [3.8, 4) is 11.3 Å². The minimum absolute atomic E-state index is 0.0419. The number of nitrogens with one attached hydrogen (secondary N) is 1. The third kappa shape index (κ3) is 4.01. The van der Waals surface area contributed by atoms with E-state index in [2.05, 4.69) is 10.3 Å². The minimum atomic E-state index is -0.388. The molecule has 0 aliphatic carbocycles. The van der Waals surface area contributed by atoms with E-state index in [1.165, 1.54) is 42.0 Å². The van der Waals surface area contributed by atoms with E-state index >= 15 is 0 Å². The molecular formula is C24H21FN4O2S. The number of hydrogen-bond donors (Lipinski definition) is 1. The van der Waals surface area contributed by atoms with E-state index < -0.39 is 0 Å². The second kappa shape index (κ2) is 8.55. The summed E-state index contributed by atoms with van der Waals surface area (Å²) in [5.41, 5.74) is 3.17. The van der Waals surface area contributed by atoms with Gasteiger partial charge in [-0.15, -0.1) is 11.3 Å². The van der Waals surface area contributed by atoms with Gasteiger partial charge in [0.15, 0.2) is 4.96 Å². The Labute approximate surface area is 188 Å². The van der Waals surface area contributed by atoms with Crippen LogP contribution in [-0.2, 0) is 0 Å². The Balaban J connectivity index is 1.38. The fourth-order valence-corrected chi connectivity index (χ4v) is 4.74. The lowest BCUT2D eigenvalue weighted by Gasteiger charge is -2.26. The number of halogens is 1. The maximum absolute atomic E-state index is 13.1. The Morgan fingerprint density at radius 2 is 1.81 bits per heavy atom. The van der Waals surface area contributed by atoms with Crippen LogP contribution in [0.25, 0.3) is 16.2 Å². The molecule has 0 unspecified atom stereocenters. The van der Waals surface area contributed by atoms with Crippen LogP contribution < -0.4 is 5.32 Å². The van der Waals surface area contributed by atoms with Crippen LogP contribution in [0.4, 0.5) is 10.1 Å². The van der Waals surface area contributed by atoms with Gasteiger partial charge in [-0.2, -0.15) is 0 Å². The minimum Gasteiger partial charge on any atom is -0.337 e. The normalized spacial score (nSPS) is 14.0. The number of imidazole rings is 1. The second-order valence-electron chi connectivity index (χ2n) is 7.79. The fourth-order valence-electron chi connectivity index (χ4n) is 3.90. The molecule has 1 saturated heterocycles. The standard InChI is InChI=1S/C24H21FN4O2S/c25-18-9-7-16(8-10-18)22(30)26-19-6-4-5-17(13-19)20-14-29-21(15-32-24(29)27-20)23(31)28-11-2-1-3-12-28/h4-10,13-15H,1-3,11-12H2,(H,26,30). The van der Waals surface area contributed by atoms with Crippen LogP contribution in [0.1, 0.15) is 40.1 Å². The molecule has 0 saturated carbocycles. The SMILES string of the molecule is O=C(Nc1cccc(-c2cn3c(C(=O)N4CCCCC4)csc3n2)c1)c1ccc(F)cc1. The van der Waals surface area contributed by atoms with E-state index in [9.17, 15) is 14.0 Å². The number of fused-ring (bicyclic) bond motifs is 1. The van der Waals surface area contributed by atoms with Gasteiger partial charge in [-0.05, 0) is 55.7 Å². The first-order valence-corrected chi connectivity index (χ1v) is 11.4. The van der Waals surface area contributed by atoms with Crippen LogP contribution in [0.15, 0.2) is 60.1 Å². The van der Waals surface area contributed by atoms with Gasteiger partial charge >= 0.3 is 0 Å². The lowest BCUT2D eigenvalue weighted by atomic mass is 10.1. The Morgan fingerprint density at radius 1 is 1.03 bits per heavy atom. The third-order valence-corrected chi connectivity index (χ3v) is 6.43. The smallest absolute Gasteiger partial charge is 0.271 e. The highest BCUT2D eigenvalue weighted by Crippen LogP contribution is 2.27. The lowest BCUT2D eigenvalue weighted by molar-refractivity contribution is 0.0717. The number of rotatable bonds is 4. The predicted molar refractivity (Wildman–Crippen MR) is 123 cm³/mol. The van der Waals surface area contributed by atoms with Crippen molar-refractivity contribution < 1.29 is 14.0 Å². The number of piperidine rings is 1. The van der Waals surface area contributed by atoms with Gasteiger partial charge in [0.25, 0.3) is 11.8 Å². The molecule has 2 aromatic heterocycles. The summed E-state index contributed by atoms with van der Waals surface area (Å²) in [6.07, 6.45) is 5.13. The van der Waals surface area contributed by atoms with Gasteiger partial charge in [0.05, 0.1) is 5.69 Å². The average molecular weight is 449 g/mol. The van der Waals surface area contributed by atoms with Crippen LogP contribution in [0.3, 0.4) is 0 Å². The van der Waals surface area contributed by atoms with Crippen molar-refractivity contribution in [3.63, 3.8) is 0 Å². The van der Waals surface area contributed by atoms with Gasteiger partial charge in [0.2, 0.25) is 0 Å². The maximum atomic E-state index is 13.1. The number of amides is 2. The highest BCUT2D eigenvalue weighted by Gasteiger charge is 2.22. The average Bonchev–Trinajstić information content (AvgIpc) is 3.41. The summed E-state index contributed by atoms with van der Waals surface area (Å²) in [5, 5.41) is 4.70. The number of anilines is 1. The lowest BCUT2D eigenvalue weighted by Crippen LogP contribution is -2.36. The summed E-state index contributed by atoms with van der Waals surface area (Å²) in [4.78, 5) is 32.8. The number of nitrogens with zero attached hydrogens (tertiary/aromatic N) is 3. The van der Waals surface area contributed by atoms with Gasteiger partial charge in [-0.3, -0.25) is 14.0 Å². The molecule has 1 aliphatic heterocycles. The number of thiazole rings is 1. The van der Waals surface area contributed by atoms with Crippen LogP contribution in [-0.4, -0.2) is 39.2 Å². The Hall–Kier alpha value is -3.52. The summed E-state index contributed by atoms with van der Waals surface area (Å²) >= 11 is 1.44. The van der Waals surface area contributed by atoms with Crippen LogP contribution >= 0.6 is 11.3 Å². The molecular weight excluding hydrogens is 427 g/mol. The van der Waals surface area contributed by atoms with Gasteiger partial charge in [0, 0.05) is 41.5 Å². The maximum Gasteiger partial charge on any atom is 0.271 e. The zero-order valence-electron chi connectivity index (χ0n) is 17.3. The zero-order chi connectivity index (χ0) is 22.1. The largest absolute Gasteiger partial charge is 0.337 e. The summed E-state index contributed by atoms with van der Waals surface area (Å²) in [6.45, 7) is 1.60. The van der Waals surface area contributed by atoms with Crippen LogP contribution in [0.2, 0.25) is 0 Å². The van der Waals surface area contributed by atoms with Crippen molar-refractivity contribution in [1.82, 2.24) is 14.3 Å². The molecule has 2 aromatic carbocycles. The van der Waals surface area contributed by atoms with E-state index in [1.54, 1.807) is 6.07 Å². The number of hydrogen-bond acceptors (Lipinski definition) is 4. The van der Waals surface area contributed by atoms with Gasteiger partial charge in [-0.1, -0.05) is 12.1 Å². The first-order chi connectivity index (χ1) is 15.6. The fraction of sp³-hybridized carbons (Fsp3) is 0.208. The molecule has 32 heavy (non-hydrogen) atoms. The number of likely N-dealkylation sites (tertiary alicyclic amines) is 1. The molecule has 1 fully saturated rings. The highest BCUT2D eigenvalue weighted by atomic mass is 32.1. The Kier molecular flexibility index (Phi) is 5.45. The molecule has 0 spiro atoms. The van der Waals surface area contributed by atoms with Crippen molar-refractivity contribution in [1.29, 1.82) is 0 Å². The first kappa shape index (κ1) is 20.4. The Bertz CT molecular complexity index is 1290. The van der Waals surface area contributed by atoms with Crippen molar-refractivity contribution >= 4 is 33.8 Å². The highest BCUT2D eigenvalue weighted by molar-refractivity contribution is 7.15. The summed E-state index contributed by atoms with van der Waals surface area (Å²) in [5.74, 6) is -0.663. The molecule has 0 bridgehead atoms. The molecule has 1 N–H and O–H groups in total. The van der Waals surface area contributed by atoms with Crippen molar-refractivity contribution in [2.75, 3.05) is 18.4 Å². The number of benzene rings is 2. The number of aromatic nitrogens is 2. The molecule has 2 amide bonds. The molecule has 5 rings (SSSR count). The molecule has 6 nitrogen and oxygen atoms in total. The quantitative estimate of drug-likeness (QED) is 0.473. The summed E-state index contributed by atoms with van der Waals surface area (Å²) < 4.78 is 14.9.